The summed E-state index contributed by atoms with van der Waals surface area (Å²) < 4.78 is 41.1. The smallest absolute Gasteiger partial charge is 0.305 e. The zero-order valence-corrected chi connectivity index (χ0v) is 13.1. The van der Waals surface area contributed by atoms with E-state index in [0.29, 0.717) is 0 Å². The van der Waals surface area contributed by atoms with Gasteiger partial charge in [0.1, 0.15) is 12.1 Å². The van der Waals surface area contributed by atoms with Gasteiger partial charge in [-0.3, -0.25) is 10.1 Å². The summed E-state index contributed by atoms with van der Waals surface area (Å²) in [6.45, 7) is 0. The minimum atomic E-state index is -1.16. The molecule has 6 nitrogen and oxygen atoms in total. The second kappa shape index (κ2) is 6.04. The van der Waals surface area contributed by atoms with E-state index < -0.39 is 28.1 Å². The third-order valence-corrected chi connectivity index (χ3v) is 3.80. The Balaban J connectivity index is 2.15. The summed E-state index contributed by atoms with van der Waals surface area (Å²) in [7, 11) is 0. The van der Waals surface area contributed by atoms with E-state index in [1.54, 1.807) is 0 Å². The number of hydrogen-bond acceptors (Lipinski definition) is 5. The second-order valence-corrected chi connectivity index (χ2v) is 5.50. The van der Waals surface area contributed by atoms with Gasteiger partial charge in [-0.05, 0) is 28.1 Å². The van der Waals surface area contributed by atoms with Crippen LogP contribution in [0, 0.1) is 27.6 Å². The Hall–Kier alpha value is -2.75. The maximum atomic E-state index is 13.9. The van der Waals surface area contributed by atoms with Crippen LogP contribution in [-0.4, -0.2) is 14.9 Å². The van der Waals surface area contributed by atoms with Gasteiger partial charge in [0.2, 0.25) is 5.82 Å². The van der Waals surface area contributed by atoms with E-state index in [4.69, 9.17) is 0 Å². The predicted molar refractivity (Wildman–Crippen MR) is 83.5 cm³/mol. The van der Waals surface area contributed by atoms with Crippen LogP contribution in [0.3, 0.4) is 0 Å². The largest absolute Gasteiger partial charge is 0.337 e. The lowest BCUT2D eigenvalue weighted by Gasteiger charge is -2.10. The Labute approximate surface area is 140 Å². The van der Waals surface area contributed by atoms with Crippen LogP contribution in [0.4, 0.5) is 30.4 Å². The normalized spacial score (nSPS) is 10.8. The SMILES string of the molecule is O=[N+]([O-])c1cc2c(Nc3ccc(Br)c(F)c3F)ncnc2cc1F. The molecular formula is C14H6BrF3N4O2. The summed E-state index contributed by atoms with van der Waals surface area (Å²) in [6.07, 6.45) is 1.07. The fraction of sp³-hybridized carbons (Fsp3) is 0. The van der Waals surface area contributed by atoms with Crippen LogP contribution in [0.5, 0.6) is 0 Å². The van der Waals surface area contributed by atoms with E-state index >= 15 is 0 Å². The molecule has 1 aromatic heterocycles. The zero-order chi connectivity index (χ0) is 17.4. The molecule has 1 heterocycles. The number of benzene rings is 2. The molecule has 0 saturated heterocycles. The average Bonchev–Trinajstić information content (AvgIpc) is 2.54. The van der Waals surface area contributed by atoms with E-state index in [0.717, 1.165) is 18.5 Å². The first-order chi connectivity index (χ1) is 11.4. The van der Waals surface area contributed by atoms with Gasteiger partial charge in [-0.15, -0.1) is 0 Å². The topological polar surface area (TPSA) is 81.0 Å². The predicted octanol–water partition coefficient (Wildman–Crippen LogP) is 4.46. The minimum Gasteiger partial charge on any atom is -0.337 e. The molecular weight excluding hydrogens is 393 g/mol. The van der Waals surface area contributed by atoms with Crippen LogP contribution in [0.1, 0.15) is 0 Å². The summed E-state index contributed by atoms with van der Waals surface area (Å²) in [5, 5.41) is 13.5. The molecule has 0 amide bonds. The lowest BCUT2D eigenvalue weighted by Crippen LogP contribution is -2.01. The molecule has 122 valence electrons. The van der Waals surface area contributed by atoms with Crippen molar-refractivity contribution in [3.63, 3.8) is 0 Å². The lowest BCUT2D eigenvalue weighted by molar-refractivity contribution is -0.387. The molecule has 24 heavy (non-hydrogen) atoms. The molecule has 0 radical (unpaired) electrons. The highest BCUT2D eigenvalue weighted by Gasteiger charge is 2.19. The number of fused-ring (bicyclic) bond motifs is 1. The fourth-order valence-corrected chi connectivity index (χ4v) is 2.36. The third-order valence-electron chi connectivity index (χ3n) is 3.19. The highest BCUT2D eigenvalue weighted by atomic mass is 79.9. The number of anilines is 2. The molecule has 0 saturated carbocycles. The number of nitro groups is 1. The van der Waals surface area contributed by atoms with Gasteiger partial charge in [0, 0.05) is 12.1 Å². The average molecular weight is 399 g/mol. The summed E-state index contributed by atoms with van der Waals surface area (Å²) in [4.78, 5) is 17.6. The maximum absolute atomic E-state index is 13.9. The summed E-state index contributed by atoms with van der Waals surface area (Å²) in [6, 6.07) is 4.35. The zero-order valence-electron chi connectivity index (χ0n) is 11.6. The summed E-state index contributed by atoms with van der Waals surface area (Å²) in [5.74, 6) is -3.34. The van der Waals surface area contributed by atoms with E-state index in [1.807, 2.05) is 0 Å². The number of aromatic nitrogens is 2. The van der Waals surface area contributed by atoms with E-state index in [2.05, 4.69) is 31.2 Å². The van der Waals surface area contributed by atoms with Crippen molar-refractivity contribution >= 4 is 44.0 Å². The van der Waals surface area contributed by atoms with Crippen LogP contribution < -0.4 is 5.32 Å². The number of nitrogens with one attached hydrogen (secondary N) is 1. The molecule has 0 aliphatic rings. The quantitative estimate of drug-likeness (QED) is 0.400. The molecule has 0 unspecified atom stereocenters. The monoisotopic (exact) mass is 398 g/mol. The van der Waals surface area contributed by atoms with Crippen molar-refractivity contribution in [1.29, 1.82) is 0 Å². The van der Waals surface area contributed by atoms with Gasteiger partial charge in [-0.2, -0.15) is 4.39 Å². The molecule has 3 aromatic rings. The Kier molecular flexibility index (Phi) is 4.06. The summed E-state index contributed by atoms with van der Waals surface area (Å²) in [5.41, 5.74) is -0.931. The Morgan fingerprint density at radius 2 is 1.88 bits per heavy atom. The van der Waals surface area contributed by atoms with Crippen LogP contribution in [0.2, 0.25) is 0 Å². The van der Waals surface area contributed by atoms with Gasteiger partial charge in [-0.25, -0.2) is 18.7 Å². The second-order valence-electron chi connectivity index (χ2n) is 4.65. The highest BCUT2D eigenvalue weighted by Crippen LogP contribution is 2.31. The van der Waals surface area contributed by atoms with Crippen molar-refractivity contribution in [3.05, 3.63) is 62.6 Å². The van der Waals surface area contributed by atoms with E-state index in [1.165, 1.54) is 12.1 Å². The lowest BCUT2D eigenvalue weighted by atomic mass is 10.2. The van der Waals surface area contributed by atoms with Crippen molar-refractivity contribution < 1.29 is 18.1 Å². The van der Waals surface area contributed by atoms with Crippen LogP contribution in [0.15, 0.2) is 35.1 Å². The Morgan fingerprint density at radius 1 is 1.12 bits per heavy atom. The molecule has 1 N–H and O–H groups in total. The Morgan fingerprint density at radius 3 is 2.58 bits per heavy atom. The number of hydrogen-bond donors (Lipinski definition) is 1. The molecule has 0 atom stereocenters. The van der Waals surface area contributed by atoms with Gasteiger partial charge in [0.15, 0.2) is 11.6 Å². The molecule has 2 aromatic carbocycles. The van der Waals surface area contributed by atoms with Crippen molar-refractivity contribution in [2.45, 2.75) is 0 Å². The van der Waals surface area contributed by atoms with Gasteiger partial charge in [0.25, 0.3) is 0 Å². The molecule has 0 aliphatic carbocycles. The number of rotatable bonds is 3. The van der Waals surface area contributed by atoms with E-state index in [9.17, 15) is 23.3 Å². The van der Waals surface area contributed by atoms with Crippen LogP contribution >= 0.6 is 15.9 Å². The molecule has 0 spiro atoms. The van der Waals surface area contributed by atoms with Crippen molar-refractivity contribution in [1.82, 2.24) is 9.97 Å². The van der Waals surface area contributed by atoms with Gasteiger partial charge in [0.05, 0.1) is 26.0 Å². The fourth-order valence-electron chi connectivity index (χ4n) is 2.06. The molecule has 10 heteroatoms. The first kappa shape index (κ1) is 16.1. The van der Waals surface area contributed by atoms with Crippen molar-refractivity contribution in [2.24, 2.45) is 0 Å². The van der Waals surface area contributed by atoms with Crippen molar-refractivity contribution in [2.75, 3.05) is 5.32 Å². The first-order valence-electron chi connectivity index (χ1n) is 6.37. The number of nitrogens with zero attached hydrogens (tertiary/aromatic N) is 3. The Bertz CT molecular complexity index is 984. The van der Waals surface area contributed by atoms with Crippen molar-refractivity contribution in [3.8, 4) is 0 Å². The highest BCUT2D eigenvalue weighted by molar-refractivity contribution is 9.10. The van der Waals surface area contributed by atoms with Crippen LogP contribution in [-0.2, 0) is 0 Å². The molecule has 0 bridgehead atoms. The number of nitro benzene ring substituents is 1. The maximum Gasteiger partial charge on any atom is 0.305 e. The van der Waals surface area contributed by atoms with E-state index in [-0.39, 0.29) is 26.9 Å². The van der Waals surface area contributed by atoms with Gasteiger partial charge < -0.3 is 5.32 Å². The minimum absolute atomic E-state index is 0.0243. The molecule has 0 aliphatic heterocycles. The van der Waals surface area contributed by atoms with Gasteiger partial charge >= 0.3 is 5.69 Å². The standard InChI is InChI=1S/C14H6BrF3N4O2/c15-7-1-2-9(13(18)12(7)17)21-14-6-3-11(22(23)24)8(16)4-10(6)19-5-20-14/h1-5H,(H,19,20,21). The third kappa shape index (κ3) is 2.75. The molecule has 0 fully saturated rings. The van der Waals surface area contributed by atoms with Crippen LogP contribution in [0.25, 0.3) is 10.9 Å². The summed E-state index contributed by atoms with van der Waals surface area (Å²) >= 11 is 2.85. The van der Waals surface area contributed by atoms with Gasteiger partial charge in [-0.1, -0.05) is 0 Å². The molecule has 3 rings (SSSR count). The number of halogens is 4. The first-order valence-corrected chi connectivity index (χ1v) is 7.17.